The van der Waals surface area contributed by atoms with E-state index in [2.05, 4.69) is 15.3 Å². The monoisotopic (exact) mass is 590 g/mol. The maximum atomic E-state index is 14.1. The number of para-hydroxylation sites is 1. The van der Waals surface area contributed by atoms with Gasteiger partial charge in [-0.15, -0.1) is 0 Å². The van der Waals surface area contributed by atoms with E-state index in [0.717, 1.165) is 0 Å². The smallest absolute Gasteiger partial charge is 0.316 e. The summed E-state index contributed by atoms with van der Waals surface area (Å²) in [7, 11) is 1.44. The quantitative estimate of drug-likeness (QED) is 0.168. The van der Waals surface area contributed by atoms with E-state index in [0.29, 0.717) is 39.5 Å². The summed E-state index contributed by atoms with van der Waals surface area (Å²) in [5, 5.41) is 32.8. The molecule has 43 heavy (non-hydrogen) atoms. The van der Waals surface area contributed by atoms with Gasteiger partial charge in [-0.05, 0) is 66.8 Å². The minimum Gasteiger partial charge on any atom is -0.481 e. The molecule has 2 heterocycles. The minimum atomic E-state index is -1.21. The molecule has 0 aliphatic heterocycles. The van der Waals surface area contributed by atoms with Gasteiger partial charge in [0.2, 0.25) is 0 Å². The molecular weight excluding hydrogens is 555 g/mol. The predicted octanol–water partition coefficient (Wildman–Crippen LogP) is 5.11. The van der Waals surface area contributed by atoms with Crippen molar-refractivity contribution in [2.45, 2.75) is 57.8 Å². The van der Waals surface area contributed by atoms with Crippen LogP contribution in [0, 0.1) is 5.82 Å². The number of aromatic nitrogens is 3. The summed E-state index contributed by atoms with van der Waals surface area (Å²) >= 11 is 0. The van der Waals surface area contributed by atoms with Crippen molar-refractivity contribution < 1.29 is 34.0 Å². The van der Waals surface area contributed by atoms with Crippen LogP contribution in [0.2, 0.25) is 0 Å². The second-order valence-corrected chi connectivity index (χ2v) is 10.5. The van der Waals surface area contributed by atoms with E-state index in [1.807, 2.05) is 36.6 Å². The van der Waals surface area contributed by atoms with Gasteiger partial charge in [0.25, 0.3) is 5.91 Å². The zero-order chi connectivity index (χ0) is 31.1. The zero-order valence-electron chi connectivity index (χ0n) is 24.2. The number of benzene rings is 2. The summed E-state index contributed by atoms with van der Waals surface area (Å²) in [6, 6.07) is 16.6. The molecule has 0 radical (unpaired) electrons. The van der Waals surface area contributed by atoms with Crippen LogP contribution in [0.15, 0.2) is 66.9 Å². The lowest BCUT2D eigenvalue weighted by Gasteiger charge is -2.20. The van der Waals surface area contributed by atoms with Crippen molar-refractivity contribution in [3.8, 4) is 28.5 Å². The summed E-state index contributed by atoms with van der Waals surface area (Å²) in [5.74, 6) is -2.17. The van der Waals surface area contributed by atoms with Crippen LogP contribution in [-0.4, -0.2) is 61.0 Å². The van der Waals surface area contributed by atoms with Gasteiger partial charge in [0, 0.05) is 29.7 Å². The Balaban J connectivity index is 1.93. The first-order chi connectivity index (χ1) is 20.6. The number of hydrogen-bond donors (Lipinski definition) is 4. The number of carboxylic acid groups (broad SMARTS) is 1. The topological polar surface area (TPSA) is 147 Å². The van der Waals surface area contributed by atoms with Crippen molar-refractivity contribution >= 4 is 17.6 Å². The van der Waals surface area contributed by atoms with Crippen molar-refractivity contribution in [3.05, 3.63) is 83.9 Å². The van der Waals surface area contributed by atoms with Gasteiger partial charge in [-0.3, -0.25) is 9.59 Å². The van der Waals surface area contributed by atoms with Gasteiger partial charge in [0.15, 0.2) is 0 Å². The number of amides is 1. The minimum absolute atomic E-state index is 0.0960. The maximum absolute atomic E-state index is 14.1. The Morgan fingerprint density at radius 2 is 1.72 bits per heavy atom. The van der Waals surface area contributed by atoms with Crippen molar-refractivity contribution in [3.63, 3.8) is 0 Å². The lowest BCUT2D eigenvalue weighted by atomic mass is 9.97. The molecule has 2 unspecified atom stereocenters. The Kier molecular flexibility index (Phi) is 10.2. The highest BCUT2D eigenvalue weighted by atomic mass is 19.1. The molecule has 1 amide bonds. The molecule has 226 valence electrons. The number of nitrogens with zero attached hydrogens (tertiary/aromatic N) is 3. The Morgan fingerprint density at radius 3 is 2.35 bits per heavy atom. The van der Waals surface area contributed by atoms with Crippen LogP contribution in [0.3, 0.4) is 0 Å². The zero-order valence-corrected chi connectivity index (χ0v) is 24.2. The van der Waals surface area contributed by atoms with E-state index in [-0.39, 0.29) is 37.2 Å². The Morgan fingerprint density at radius 1 is 1.02 bits per heavy atom. The molecule has 0 aliphatic rings. The third-order valence-corrected chi connectivity index (χ3v) is 6.94. The summed E-state index contributed by atoms with van der Waals surface area (Å²) in [4.78, 5) is 33.8. The lowest BCUT2D eigenvalue weighted by Crippen LogP contribution is -2.22. The largest absolute Gasteiger partial charge is 0.481 e. The van der Waals surface area contributed by atoms with Gasteiger partial charge in [-0.1, -0.05) is 32.0 Å². The van der Waals surface area contributed by atoms with Crippen LogP contribution in [0.1, 0.15) is 55.1 Å². The van der Waals surface area contributed by atoms with Gasteiger partial charge in [0.1, 0.15) is 5.82 Å². The highest BCUT2D eigenvalue weighted by Gasteiger charge is 2.32. The molecule has 4 aromatic rings. The first-order valence-electron chi connectivity index (χ1n) is 13.9. The number of nitrogens with one attached hydrogen (secondary N) is 1. The van der Waals surface area contributed by atoms with E-state index >= 15 is 0 Å². The highest BCUT2D eigenvalue weighted by Crippen LogP contribution is 2.42. The van der Waals surface area contributed by atoms with Crippen LogP contribution >= 0.6 is 0 Å². The van der Waals surface area contributed by atoms with E-state index < -0.39 is 30.4 Å². The van der Waals surface area contributed by atoms with Crippen molar-refractivity contribution in [1.29, 1.82) is 0 Å². The first kappa shape index (κ1) is 31.3. The van der Waals surface area contributed by atoms with Crippen molar-refractivity contribution in [1.82, 2.24) is 14.5 Å². The number of carboxylic acids is 1. The van der Waals surface area contributed by atoms with E-state index in [4.69, 9.17) is 9.84 Å². The SMILES string of the molecule is COc1nccc(-c2c(C(=O)Nc3ccccc3)c(C(C)C)n(CCC(O)CC(O)CC(=O)O)c2-c2ccc(F)cc2)n1. The van der Waals surface area contributed by atoms with Gasteiger partial charge < -0.3 is 29.9 Å². The summed E-state index contributed by atoms with van der Waals surface area (Å²) in [6.07, 6.45) is -1.19. The molecule has 0 saturated carbocycles. The molecule has 4 N–H and O–H groups in total. The van der Waals surface area contributed by atoms with E-state index in [1.54, 1.807) is 30.3 Å². The fraction of sp³-hybridized carbons (Fsp3) is 0.312. The van der Waals surface area contributed by atoms with Crippen molar-refractivity contribution in [2.24, 2.45) is 0 Å². The maximum Gasteiger partial charge on any atom is 0.316 e. The average molecular weight is 591 g/mol. The molecule has 2 aromatic heterocycles. The van der Waals surface area contributed by atoms with E-state index in [1.165, 1.54) is 25.4 Å². The van der Waals surface area contributed by atoms with Crippen LogP contribution in [0.5, 0.6) is 6.01 Å². The standard InChI is InChI=1S/C32H35FN4O6/c1-19(2)29-28(31(42)35-22-7-5-4-6-8-22)27(25-13-15-34-32(36-25)43-3)30(20-9-11-21(33)12-10-20)37(29)16-14-23(38)17-24(39)18-26(40)41/h4-13,15,19,23-24,38-39H,14,16-18H2,1-3H3,(H,35,42)(H,40,41). The number of ether oxygens (including phenoxy) is 1. The molecule has 0 aliphatic carbocycles. The fourth-order valence-electron chi connectivity index (χ4n) is 5.15. The van der Waals surface area contributed by atoms with Crippen LogP contribution in [0.25, 0.3) is 22.5 Å². The lowest BCUT2D eigenvalue weighted by molar-refractivity contribution is -0.139. The Hall–Kier alpha value is -4.61. The number of aliphatic hydroxyl groups is 2. The molecule has 0 spiro atoms. The number of halogens is 1. The third kappa shape index (κ3) is 7.62. The predicted molar refractivity (Wildman–Crippen MR) is 159 cm³/mol. The number of anilines is 1. The van der Waals surface area contributed by atoms with E-state index in [9.17, 15) is 24.2 Å². The number of carbonyl (C=O) groups is 2. The van der Waals surface area contributed by atoms with Crippen LogP contribution < -0.4 is 10.1 Å². The molecule has 2 aromatic carbocycles. The van der Waals surface area contributed by atoms with Gasteiger partial charge in [-0.25, -0.2) is 9.37 Å². The number of carbonyl (C=O) groups excluding carboxylic acids is 1. The third-order valence-electron chi connectivity index (χ3n) is 6.94. The van der Waals surface area contributed by atoms with Crippen LogP contribution in [-0.2, 0) is 11.3 Å². The van der Waals surface area contributed by atoms with Gasteiger partial charge in [-0.2, -0.15) is 4.98 Å². The number of aliphatic carboxylic acids is 1. The van der Waals surface area contributed by atoms with Gasteiger partial charge in [0.05, 0.1) is 42.7 Å². The Labute approximate surface area is 248 Å². The molecule has 11 heteroatoms. The summed E-state index contributed by atoms with van der Waals surface area (Å²) in [5.41, 5.74) is 3.65. The first-order valence-corrected chi connectivity index (χ1v) is 13.9. The number of methoxy groups -OCH3 is 1. The molecule has 4 rings (SSSR count). The average Bonchev–Trinajstić information content (AvgIpc) is 3.32. The molecular formula is C32H35FN4O6. The summed E-state index contributed by atoms with van der Waals surface area (Å²) in [6.45, 7) is 4.09. The summed E-state index contributed by atoms with van der Waals surface area (Å²) < 4.78 is 21.3. The van der Waals surface area contributed by atoms with Crippen LogP contribution in [0.4, 0.5) is 10.1 Å². The highest BCUT2D eigenvalue weighted by molar-refractivity contribution is 6.12. The molecule has 10 nitrogen and oxygen atoms in total. The Bertz CT molecular complexity index is 1560. The fourth-order valence-corrected chi connectivity index (χ4v) is 5.15. The van der Waals surface area contributed by atoms with Gasteiger partial charge >= 0.3 is 12.0 Å². The normalized spacial score (nSPS) is 12.6. The molecule has 0 fully saturated rings. The number of hydrogen-bond acceptors (Lipinski definition) is 7. The second-order valence-electron chi connectivity index (χ2n) is 10.5. The molecule has 2 atom stereocenters. The second kappa shape index (κ2) is 14.0. The van der Waals surface area contributed by atoms with Crippen molar-refractivity contribution in [2.75, 3.05) is 12.4 Å². The molecule has 0 saturated heterocycles. The molecule has 0 bridgehead atoms. The number of aliphatic hydroxyl groups excluding tert-OH is 2. The number of rotatable bonds is 13.